The number of halogens is 2. The third-order valence-corrected chi connectivity index (χ3v) is 5.57. The second-order valence-electron chi connectivity index (χ2n) is 7.23. The molecule has 2 aliphatic carbocycles. The van der Waals surface area contributed by atoms with Gasteiger partial charge in [0.2, 0.25) is 0 Å². The van der Waals surface area contributed by atoms with Crippen molar-refractivity contribution in [1.29, 1.82) is 0 Å². The third-order valence-electron chi connectivity index (χ3n) is 5.35. The highest BCUT2D eigenvalue weighted by Gasteiger charge is 2.26. The van der Waals surface area contributed by atoms with E-state index in [4.69, 9.17) is 11.6 Å². The highest BCUT2D eigenvalue weighted by molar-refractivity contribution is 6.31. The van der Waals surface area contributed by atoms with Gasteiger partial charge >= 0.3 is 0 Å². The molecule has 1 aromatic carbocycles. The largest absolute Gasteiger partial charge is 0.349 e. The molecule has 2 aliphatic rings. The zero-order valence-corrected chi connectivity index (χ0v) is 14.7. The van der Waals surface area contributed by atoms with Crippen LogP contribution in [0.4, 0.5) is 4.39 Å². The highest BCUT2D eigenvalue weighted by Crippen LogP contribution is 2.27. The minimum atomic E-state index is -0.481. The zero-order valence-electron chi connectivity index (χ0n) is 14.0. The summed E-state index contributed by atoms with van der Waals surface area (Å²) in [5.41, 5.74) is 0.289. The predicted molar refractivity (Wildman–Crippen MR) is 94.9 cm³/mol. The summed E-state index contributed by atoms with van der Waals surface area (Å²) in [6.07, 6.45) is 9.84. The summed E-state index contributed by atoms with van der Waals surface area (Å²) < 4.78 is 13.4. The molecule has 0 heterocycles. The van der Waals surface area contributed by atoms with E-state index in [1.54, 1.807) is 0 Å². The lowest BCUT2D eigenvalue weighted by molar-refractivity contribution is 0.0937. The molecule has 5 heteroatoms. The molecular formula is C19H26ClFN2O. The molecule has 0 spiro atoms. The number of hydrogen-bond acceptors (Lipinski definition) is 2. The molecule has 24 heavy (non-hydrogen) atoms. The number of hydrogen-bond donors (Lipinski definition) is 2. The Hall–Kier alpha value is -1.13. The lowest BCUT2D eigenvalue weighted by Crippen LogP contribution is -2.35. The Balaban J connectivity index is 1.41. The van der Waals surface area contributed by atoms with Gasteiger partial charge in [0.1, 0.15) is 5.82 Å². The Kier molecular flexibility index (Phi) is 6.12. The van der Waals surface area contributed by atoms with Crippen molar-refractivity contribution in [2.24, 2.45) is 5.92 Å². The quantitative estimate of drug-likeness (QED) is 0.801. The molecule has 3 rings (SSSR count). The molecule has 0 aliphatic heterocycles. The van der Waals surface area contributed by atoms with Gasteiger partial charge in [0, 0.05) is 22.7 Å². The maximum absolute atomic E-state index is 13.4. The first-order chi connectivity index (χ1) is 11.6. The van der Waals surface area contributed by atoms with Crippen LogP contribution in [0.1, 0.15) is 61.7 Å². The molecule has 0 bridgehead atoms. The first kappa shape index (κ1) is 17.7. The summed E-state index contributed by atoms with van der Waals surface area (Å²) >= 11 is 5.82. The first-order valence-corrected chi connectivity index (χ1v) is 9.48. The number of rotatable bonds is 6. The molecule has 132 valence electrons. The van der Waals surface area contributed by atoms with E-state index in [1.807, 2.05) is 0 Å². The average Bonchev–Trinajstić information content (AvgIpc) is 3.18. The van der Waals surface area contributed by atoms with Crippen molar-refractivity contribution in [2.75, 3.05) is 6.54 Å². The summed E-state index contributed by atoms with van der Waals surface area (Å²) in [5, 5.41) is 6.89. The summed E-state index contributed by atoms with van der Waals surface area (Å²) in [6, 6.07) is 4.58. The van der Waals surface area contributed by atoms with Crippen LogP contribution in [0, 0.1) is 11.7 Å². The molecule has 0 unspecified atom stereocenters. The summed E-state index contributed by atoms with van der Waals surface area (Å²) in [4.78, 5) is 12.2. The van der Waals surface area contributed by atoms with E-state index in [9.17, 15) is 9.18 Å². The van der Waals surface area contributed by atoms with E-state index in [-0.39, 0.29) is 22.5 Å². The first-order valence-electron chi connectivity index (χ1n) is 9.10. The van der Waals surface area contributed by atoms with E-state index in [0.717, 1.165) is 31.7 Å². The van der Waals surface area contributed by atoms with Crippen molar-refractivity contribution in [2.45, 2.75) is 63.5 Å². The van der Waals surface area contributed by atoms with Crippen LogP contribution >= 0.6 is 11.6 Å². The Morgan fingerprint density at radius 1 is 1.12 bits per heavy atom. The maximum Gasteiger partial charge on any atom is 0.251 e. The molecule has 2 fully saturated rings. The van der Waals surface area contributed by atoms with Gasteiger partial charge in [-0.05, 0) is 56.3 Å². The average molecular weight is 353 g/mol. The second-order valence-corrected chi connectivity index (χ2v) is 7.67. The molecular weight excluding hydrogens is 327 g/mol. The zero-order chi connectivity index (χ0) is 16.9. The number of carbonyl (C=O) groups excluding carboxylic acids is 1. The van der Waals surface area contributed by atoms with Gasteiger partial charge in [0.05, 0.1) is 0 Å². The van der Waals surface area contributed by atoms with Gasteiger partial charge in [0.25, 0.3) is 5.91 Å². The van der Waals surface area contributed by atoms with Gasteiger partial charge in [-0.2, -0.15) is 0 Å². The normalized spacial score (nSPS) is 24.4. The standard InChI is InChI=1S/C19H26ClFN2O/c20-15-9-14(10-16(21)11-15)19(24)23-18-6-5-17(12-18)22-8-7-13-3-1-2-4-13/h9-11,13,17-18,22H,1-8,12H2,(H,23,24)/t17-,18+/m1/s1. The van der Waals surface area contributed by atoms with Crippen molar-refractivity contribution < 1.29 is 9.18 Å². The Labute approximate surface area is 148 Å². The highest BCUT2D eigenvalue weighted by atomic mass is 35.5. The molecule has 0 aromatic heterocycles. The van der Waals surface area contributed by atoms with Crippen molar-refractivity contribution in [3.63, 3.8) is 0 Å². The van der Waals surface area contributed by atoms with Gasteiger partial charge in [-0.25, -0.2) is 4.39 Å². The van der Waals surface area contributed by atoms with E-state index in [2.05, 4.69) is 10.6 Å². The predicted octanol–water partition coefficient (Wildman–Crippen LogP) is 4.30. The van der Waals surface area contributed by atoms with E-state index < -0.39 is 5.82 Å². The van der Waals surface area contributed by atoms with Gasteiger partial charge in [-0.3, -0.25) is 4.79 Å². The summed E-state index contributed by atoms with van der Waals surface area (Å²) in [5.74, 6) is 0.186. The van der Waals surface area contributed by atoms with Crippen LogP contribution < -0.4 is 10.6 Å². The van der Waals surface area contributed by atoms with Crippen LogP contribution in [0.5, 0.6) is 0 Å². The van der Waals surface area contributed by atoms with Gasteiger partial charge in [-0.1, -0.05) is 37.3 Å². The molecule has 3 nitrogen and oxygen atoms in total. The van der Waals surface area contributed by atoms with Crippen LogP contribution in [-0.4, -0.2) is 24.5 Å². The molecule has 0 radical (unpaired) electrons. The second kappa shape index (κ2) is 8.30. The topological polar surface area (TPSA) is 41.1 Å². The lowest BCUT2D eigenvalue weighted by atomic mass is 10.0. The van der Waals surface area contributed by atoms with Crippen molar-refractivity contribution in [3.8, 4) is 0 Å². The van der Waals surface area contributed by atoms with Gasteiger partial charge in [-0.15, -0.1) is 0 Å². The number of benzene rings is 1. The fourth-order valence-electron chi connectivity index (χ4n) is 4.04. The van der Waals surface area contributed by atoms with E-state index >= 15 is 0 Å². The molecule has 0 saturated heterocycles. The Morgan fingerprint density at radius 2 is 1.88 bits per heavy atom. The minimum Gasteiger partial charge on any atom is -0.349 e. The smallest absolute Gasteiger partial charge is 0.251 e. The maximum atomic E-state index is 13.4. The number of amides is 1. The van der Waals surface area contributed by atoms with Gasteiger partial charge < -0.3 is 10.6 Å². The van der Waals surface area contributed by atoms with E-state index in [1.165, 1.54) is 50.3 Å². The lowest BCUT2D eigenvalue weighted by Gasteiger charge is -2.16. The fraction of sp³-hybridized carbons (Fsp3) is 0.632. The Morgan fingerprint density at radius 3 is 2.62 bits per heavy atom. The van der Waals surface area contributed by atoms with Crippen LogP contribution in [0.15, 0.2) is 18.2 Å². The minimum absolute atomic E-state index is 0.156. The molecule has 1 amide bonds. The SMILES string of the molecule is O=C(N[C@H]1CC[C@@H](NCCC2CCCC2)C1)c1cc(F)cc(Cl)c1. The monoisotopic (exact) mass is 352 g/mol. The van der Waals surface area contributed by atoms with E-state index in [0.29, 0.717) is 6.04 Å². The molecule has 2 saturated carbocycles. The fourth-order valence-corrected chi connectivity index (χ4v) is 4.26. The van der Waals surface area contributed by atoms with Crippen molar-refractivity contribution >= 4 is 17.5 Å². The summed E-state index contributed by atoms with van der Waals surface area (Å²) in [7, 11) is 0. The van der Waals surface area contributed by atoms with Crippen LogP contribution in [0.2, 0.25) is 5.02 Å². The Bertz CT molecular complexity index is 554. The van der Waals surface area contributed by atoms with Crippen LogP contribution in [-0.2, 0) is 0 Å². The molecule has 1 aromatic rings. The van der Waals surface area contributed by atoms with Gasteiger partial charge in [0.15, 0.2) is 0 Å². The van der Waals surface area contributed by atoms with Crippen LogP contribution in [0.3, 0.4) is 0 Å². The molecule has 2 N–H and O–H groups in total. The summed E-state index contributed by atoms with van der Waals surface area (Å²) in [6.45, 7) is 1.08. The van der Waals surface area contributed by atoms with Crippen molar-refractivity contribution in [3.05, 3.63) is 34.6 Å². The molecule has 2 atom stereocenters. The number of nitrogens with one attached hydrogen (secondary N) is 2. The number of carbonyl (C=O) groups is 1. The van der Waals surface area contributed by atoms with Crippen molar-refractivity contribution in [1.82, 2.24) is 10.6 Å². The van der Waals surface area contributed by atoms with Crippen LogP contribution in [0.25, 0.3) is 0 Å². The third kappa shape index (κ3) is 4.93.